The summed E-state index contributed by atoms with van der Waals surface area (Å²) in [4.78, 5) is 16.3. The zero-order valence-electron chi connectivity index (χ0n) is 11.8. The molecule has 0 fully saturated rings. The van der Waals surface area contributed by atoms with Crippen LogP contribution in [0.1, 0.15) is 29.9 Å². The van der Waals surface area contributed by atoms with Gasteiger partial charge < -0.3 is 16.4 Å². The Balaban J connectivity index is 2.53. The van der Waals surface area contributed by atoms with E-state index in [9.17, 15) is 13.2 Å². The number of nitrogens with one attached hydrogen (secondary N) is 2. The van der Waals surface area contributed by atoms with Gasteiger partial charge in [-0.2, -0.15) is 0 Å². The first kappa shape index (κ1) is 16.7. The zero-order chi connectivity index (χ0) is 15.3. The Hall–Kier alpha value is -1.35. The van der Waals surface area contributed by atoms with Gasteiger partial charge in [-0.05, 0) is 20.3 Å². The number of sulfone groups is 1. The zero-order valence-corrected chi connectivity index (χ0v) is 13.4. The normalized spacial score (nSPS) is 11.6. The molecule has 114 valence electrons. The number of nitrogen functional groups attached to an aromatic ring is 1. The predicted octanol–water partition coefficient (Wildman–Crippen LogP) is 0.710. The van der Waals surface area contributed by atoms with Gasteiger partial charge in [0.1, 0.15) is 20.5 Å². The fourth-order valence-corrected chi connectivity index (χ4v) is 3.04. The van der Waals surface area contributed by atoms with E-state index in [1.165, 1.54) is 17.6 Å². The van der Waals surface area contributed by atoms with E-state index in [2.05, 4.69) is 15.6 Å². The predicted molar refractivity (Wildman–Crippen MR) is 81.9 cm³/mol. The fraction of sp³-hybridized carbons (Fsp3) is 0.636. The molecule has 0 aromatic carbocycles. The van der Waals surface area contributed by atoms with Gasteiger partial charge in [-0.25, -0.2) is 13.4 Å². The molecule has 0 unspecified atom stereocenters. The number of nitrogens with zero attached hydrogens (tertiary/aromatic N) is 1. The molecule has 0 aliphatic carbocycles. The summed E-state index contributed by atoms with van der Waals surface area (Å²) in [6.07, 6.45) is 1.54. The largest absolute Gasteiger partial charge is 0.382 e. The van der Waals surface area contributed by atoms with Gasteiger partial charge in [-0.3, -0.25) is 4.79 Å². The second kappa shape index (κ2) is 6.89. The first-order chi connectivity index (χ1) is 9.19. The van der Waals surface area contributed by atoms with E-state index in [1.54, 1.807) is 0 Å². The summed E-state index contributed by atoms with van der Waals surface area (Å²) in [5, 5.41) is 6.31. The number of nitrogens with two attached hydrogens (primary N) is 1. The van der Waals surface area contributed by atoms with Gasteiger partial charge in [0.25, 0.3) is 5.91 Å². The number of carbonyl (C=O) groups is 1. The highest BCUT2D eigenvalue weighted by Crippen LogP contribution is 2.25. The lowest BCUT2D eigenvalue weighted by Gasteiger charge is -2.04. The van der Waals surface area contributed by atoms with E-state index >= 15 is 0 Å². The van der Waals surface area contributed by atoms with Crippen molar-refractivity contribution in [2.75, 3.05) is 29.6 Å². The van der Waals surface area contributed by atoms with Crippen LogP contribution < -0.4 is 16.4 Å². The van der Waals surface area contributed by atoms with Crippen LogP contribution in [0, 0.1) is 0 Å². The first-order valence-corrected chi connectivity index (χ1v) is 9.05. The van der Waals surface area contributed by atoms with Gasteiger partial charge in [0, 0.05) is 18.8 Å². The Morgan fingerprint density at radius 1 is 1.45 bits per heavy atom. The maximum absolute atomic E-state index is 11.9. The topological polar surface area (TPSA) is 114 Å². The van der Waals surface area contributed by atoms with Crippen LogP contribution in [0.5, 0.6) is 0 Å². The van der Waals surface area contributed by atoms with Crippen molar-refractivity contribution >= 4 is 38.0 Å². The van der Waals surface area contributed by atoms with Gasteiger partial charge in [-0.15, -0.1) is 0 Å². The van der Waals surface area contributed by atoms with Crippen LogP contribution in [0.15, 0.2) is 0 Å². The standard InChI is InChI=1S/C11H20N4O3S2/c1-7(2)14-11-15-9(12)8(19-11)10(16)13-5-4-6-20(3,17)18/h7H,4-6,12H2,1-3H3,(H,13,16)(H,14,15). The van der Waals surface area contributed by atoms with Crippen LogP contribution in [0.2, 0.25) is 0 Å². The van der Waals surface area contributed by atoms with E-state index in [4.69, 9.17) is 5.73 Å². The third kappa shape index (κ3) is 5.74. The lowest BCUT2D eigenvalue weighted by Crippen LogP contribution is -2.25. The monoisotopic (exact) mass is 320 g/mol. The smallest absolute Gasteiger partial charge is 0.265 e. The number of amides is 1. The van der Waals surface area contributed by atoms with Gasteiger partial charge in [-0.1, -0.05) is 11.3 Å². The molecule has 0 saturated heterocycles. The Labute approximate surface area is 122 Å². The SMILES string of the molecule is CC(C)Nc1nc(N)c(C(=O)NCCCS(C)(=O)=O)s1. The molecule has 4 N–H and O–H groups in total. The average molecular weight is 320 g/mol. The number of thiazole rings is 1. The molecule has 0 aliphatic heterocycles. The Bertz CT molecular complexity index is 566. The number of carbonyl (C=O) groups excluding carboxylic acids is 1. The third-order valence-corrected chi connectivity index (χ3v) is 4.28. The molecular weight excluding hydrogens is 300 g/mol. The molecule has 7 nitrogen and oxygen atoms in total. The van der Waals surface area contributed by atoms with Crippen LogP contribution in [0.25, 0.3) is 0 Å². The number of anilines is 2. The highest BCUT2D eigenvalue weighted by molar-refractivity contribution is 7.90. The summed E-state index contributed by atoms with van der Waals surface area (Å²) in [7, 11) is -3.00. The van der Waals surface area contributed by atoms with Crippen molar-refractivity contribution in [2.24, 2.45) is 0 Å². The molecule has 1 aromatic heterocycles. The molecule has 0 radical (unpaired) electrons. The molecule has 0 aliphatic rings. The van der Waals surface area contributed by atoms with Crippen LogP contribution in [-0.2, 0) is 9.84 Å². The lowest BCUT2D eigenvalue weighted by atomic mass is 10.4. The quantitative estimate of drug-likeness (QED) is 0.638. The second-order valence-corrected chi connectivity index (χ2v) is 8.03. The Morgan fingerprint density at radius 3 is 2.65 bits per heavy atom. The molecule has 1 rings (SSSR count). The maximum atomic E-state index is 11.9. The van der Waals surface area contributed by atoms with Crippen LogP contribution in [0.3, 0.4) is 0 Å². The van der Waals surface area contributed by atoms with Crippen molar-refractivity contribution in [3.05, 3.63) is 4.88 Å². The lowest BCUT2D eigenvalue weighted by molar-refractivity contribution is 0.0958. The summed E-state index contributed by atoms with van der Waals surface area (Å²) in [6, 6.07) is 0.200. The Morgan fingerprint density at radius 2 is 2.10 bits per heavy atom. The van der Waals surface area contributed by atoms with Crippen LogP contribution in [0.4, 0.5) is 10.9 Å². The van der Waals surface area contributed by atoms with Crippen molar-refractivity contribution < 1.29 is 13.2 Å². The molecule has 0 atom stereocenters. The van der Waals surface area contributed by atoms with Gasteiger partial charge in [0.05, 0.1) is 5.75 Å². The Kier molecular flexibility index (Phi) is 5.75. The molecule has 9 heteroatoms. The molecule has 0 saturated carbocycles. The number of hydrogen-bond acceptors (Lipinski definition) is 7. The fourth-order valence-electron chi connectivity index (χ4n) is 1.42. The summed E-state index contributed by atoms with van der Waals surface area (Å²) in [6.45, 7) is 4.21. The highest BCUT2D eigenvalue weighted by atomic mass is 32.2. The molecular formula is C11H20N4O3S2. The highest BCUT2D eigenvalue weighted by Gasteiger charge is 2.16. The van der Waals surface area contributed by atoms with Crippen molar-refractivity contribution in [2.45, 2.75) is 26.3 Å². The molecule has 1 aromatic rings. The van der Waals surface area contributed by atoms with E-state index in [-0.39, 0.29) is 30.1 Å². The molecule has 1 heterocycles. The van der Waals surface area contributed by atoms with E-state index in [1.807, 2.05) is 13.8 Å². The number of aromatic nitrogens is 1. The van der Waals surface area contributed by atoms with Gasteiger partial charge in [0.15, 0.2) is 5.13 Å². The van der Waals surface area contributed by atoms with Crippen molar-refractivity contribution in [1.82, 2.24) is 10.3 Å². The third-order valence-electron chi connectivity index (χ3n) is 2.25. The van der Waals surface area contributed by atoms with Crippen molar-refractivity contribution in [3.8, 4) is 0 Å². The minimum atomic E-state index is -3.00. The summed E-state index contributed by atoms with van der Waals surface area (Å²) < 4.78 is 21.9. The summed E-state index contributed by atoms with van der Waals surface area (Å²) in [5.41, 5.74) is 5.69. The van der Waals surface area contributed by atoms with E-state index < -0.39 is 9.84 Å². The van der Waals surface area contributed by atoms with Crippen LogP contribution in [-0.4, -0.2) is 43.9 Å². The maximum Gasteiger partial charge on any atom is 0.265 e. The number of hydrogen-bond donors (Lipinski definition) is 3. The summed E-state index contributed by atoms with van der Waals surface area (Å²) >= 11 is 1.18. The first-order valence-electron chi connectivity index (χ1n) is 6.18. The number of rotatable bonds is 7. The van der Waals surface area contributed by atoms with Crippen molar-refractivity contribution in [3.63, 3.8) is 0 Å². The minimum Gasteiger partial charge on any atom is -0.382 e. The van der Waals surface area contributed by atoms with E-state index in [0.717, 1.165) is 0 Å². The molecule has 1 amide bonds. The average Bonchev–Trinajstić information content (AvgIpc) is 2.63. The van der Waals surface area contributed by atoms with Crippen molar-refractivity contribution in [1.29, 1.82) is 0 Å². The van der Waals surface area contributed by atoms with Gasteiger partial charge >= 0.3 is 0 Å². The second-order valence-electron chi connectivity index (χ2n) is 4.77. The minimum absolute atomic E-state index is 0.0472. The summed E-state index contributed by atoms with van der Waals surface area (Å²) in [5.74, 6) is -0.102. The van der Waals surface area contributed by atoms with Crippen LogP contribution >= 0.6 is 11.3 Å². The van der Waals surface area contributed by atoms with E-state index in [0.29, 0.717) is 16.4 Å². The van der Waals surface area contributed by atoms with Gasteiger partial charge in [0.2, 0.25) is 0 Å². The molecule has 0 spiro atoms. The molecule has 0 bridgehead atoms. The molecule has 20 heavy (non-hydrogen) atoms.